The lowest BCUT2D eigenvalue weighted by molar-refractivity contribution is 0.0995. The van der Waals surface area contributed by atoms with Crippen LogP contribution in [0, 0.1) is 13.8 Å². The van der Waals surface area contributed by atoms with Crippen molar-refractivity contribution >= 4 is 44.4 Å². The first-order valence-electron chi connectivity index (χ1n) is 8.37. The number of amides is 1. The van der Waals surface area contributed by atoms with Gasteiger partial charge in [-0.25, -0.2) is 9.97 Å². The number of imidazole rings is 1. The normalized spacial score (nSPS) is 11.2. The van der Waals surface area contributed by atoms with E-state index < -0.39 is 0 Å². The van der Waals surface area contributed by atoms with Crippen LogP contribution in [0.15, 0.2) is 46.2 Å². The van der Waals surface area contributed by atoms with Crippen molar-refractivity contribution in [1.82, 2.24) is 14.5 Å². The number of fused-ring (bicyclic) bond motifs is 1. The molecule has 0 spiro atoms. The maximum atomic E-state index is 12.5. The van der Waals surface area contributed by atoms with Gasteiger partial charge in [0.2, 0.25) is 0 Å². The van der Waals surface area contributed by atoms with Crippen LogP contribution in [0.25, 0.3) is 10.2 Å². The summed E-state index contributed by atoms with van der Waals surface area (Å²) >= 11 is 3.02. The summed E-state index contributed by atoms with van der Waals surface area (Å²) in [6.07, 6.45) is 3.65. The van der Waals surface area contributed by atoms with Crippen molar-refractivity contribution in [3.05, 3.63) is 59.3 Å². The standard InChI is InChI=1S/C19H18N4O2S2/c1-11-8-12(2)16-15(9-11)27-18(21-16)22-17(24)14-5-4-13(25-14)10-26-19-20-6-7-23(19)3/h4-9H,10H2,1-3H3,(H,21,22,24). The molecule has 0 atom stereocenters. The first kappa shape index (κ1) is 17.8. The van der Waals surface area contributed by atoms with Gasteiger partial charge >= 0.3 is 0 Å². The third kappa shape index (κ3) is 3.77. The van der Waals surface area contributed by atoms with E-state index in [1.165, 1.54) is 16.9 Å². The number of hydrogen-bond acceptors (Lipinski definition) is 6. The average molecular weight is 399 g/mol. The van der Waals surface area contributed by atoms with Gasteiger partial charge in [0.25, 0.3) is 5.91 Å². The number of aryl methyl sites for hydroxylation is 3. The second-order valence-corrected chi connectivity index (χ2v) is 8.25. The minimum Gasteiger partial charge on any atom is -0.455 e. The minimum atomic E-state index is -0.295. The number of furan rings is 1. The van der Waals surface area contributed by atoms with Crippen molar-refractivity contribution in [3.63, 3.8) is 0 Å². The number of thioether (sulfide) groups is 1. The Morgan fingerprint density at radius 2 is 2.19 bits per heavy atom. The molecule has 0 saturated heterocycles. The van der Waals surface area contributed by atoms with Crippen molar-refractivity contribution in [2.45, 2.75) is 24.8 Å². The van der Waals surface area contributed by atoms with Crippen LogP contribution in [-0.4, -0.2) is 20.4 Å². The highest BCUT2D eigenvalue weighted by molar-refractivity contribution is 7.98. The van der Waals surface area contributed by atoms with Gasteiger partial charge in [-0.3, -0.25) is 10.1 Å². The molecular formula is C19H18N4O2S2. The number of carbonyl (C=O) groups is 1. The van der Waals surface area contributed by atoms with Crippen LogP contribution < -0.4 is 5.32 Å². The number of thiazole rings is 1. The van der Waals surface area contributed by atoms with Crippen LogP contribution in [0.4, 0.5) is 5.13 Å². The Bertz CT molecular complexity index is 1130. The maximum absolute atomic E-state index is 12.5. The first-order chi connectivity index (χ1) is 13.0. The molecule has 3 aromatic heterocycles. The van der Waals surface area contributed by atoms with Gasteiger partial charge in [0.05, 0.1) is 16.0 Å². The van der Waals surface area contributed by atoms with Gasteiger partial charge in [-0.05, 0) is 43.2 Å². The largest absolute Gasteiger partial charge is 0.455 e. The van der Waals surface area contributed by atoms with Crippen molar-refractivity contribution in [2.75, 3.05) is 5.32 Å². The average Bonchev–Trinajstić information content (AvgIpc) is 3.32. The van der Waals surface area contributed by atoms with Gasteiger partial charge in [-0.15, -0.1) is 0 Å². The van der Waals surface area contributed by atoms with Crippen molar-refractivity contribution < 1.29 is 9.21 Å². The van der Waals surface area contributed by atoms with Gasteiger partial charge in [0, 0.05) is 19.4 Å². The van der Waals surface area contributed by atoms with Gasteiger partial charge in [0.15, 0.2) is 16.0 Å². The fraction of sp³-hybridized carbons (Fsp3) is 0.211. The van der Waals surface area contributed by atoms with E-state index in [0.29, 0.717) is 10.9 Å². The summed E-state index contributed by atoms with van der Waals surface area (Å²) in [7, 11) is 1.94. The van der Waals surface area contributed by atoms with Gasteiger partial charge in [-0.1, -0.05) is 29.2 Å². The van der Waals surface area contributed by atoms with Crippen molar-refractivity contribution in [1.29, 1.82) is 0 Å². The van der Waals surface area contributed by atoms with E-state index in [1.54, 1.807) is 24.0 Å². The summed E-state index contributed by atoms with van der Waals surface area (Å²) in [6, 6.07) is 7.67. The van der Waals surface area contributed by atoms with Crippen molar-refractivity contribution in [3.8, 4) is 0 Å². The highest BCUT2D eigenvalue weighted by Gasteiger charge is 2.15. The summed E-state index contributed by atoms with van der Waals surface area (Å²) in [5.41, 5.74) is 3.21. The number of hydrogen-bond donors (Lipinski definition) is 1. The topological polar surface area (TPSA) is 73.0 Å². The lowest BCUT2D eigenvalue weighted by atomic mass is 10.1. The van der Waals surface area contributed by atoms with E-state index >= 15 is 0 Å². The Balaban J connectivity index is 1.45. The molecule has 1 N–H and O–H groups in total. The molecule has 0 bridgehead atoms. The third-order valence-electron chi connectivity index (χ3n) is 4.06. The monoisotopic (exact) mass is 398 g/mol. The van der Waals surface area contributed by atoms with Gasteiger partial charge < -0.3 is 8.98 Å². The van der Waals surface area contributed by atoms with E-state index in [9.17, 15) is 4.79 Å². The Labute approximate surface area is 164 Å². The molecule has 4 rings (SSSR count). The van der Waals surface area contributed by atoms with Crippen LogP contribution in [0.1, 0.15) is 27.4 Å². The molecule has 0 radical (unpaired) electrons. The van der Waals surface area contributed by atoms with E-state index in [-0.39, 0.29) is 11.7 Å². The second kappa shape index (κ2) is 7.21. The number of nitrogens with zero attached hydrogens (tertiary/aromatic N) is 3. The lowest BCUT2D eigenvalue weighted by Gasteiger charge is -2.00. The zero-order chi connectivity index (χ0) is 19.0. The number of benzene rings is 1. The summed E-state index contributed by atoms with van der Waals surface area (Å²) in [4.78, 5) is 21.3. The minimum absolute atomic E-state index is 0.276. The smallest absolute Gasteiger partial charge is 0.293 e. The third-order valence-corrected chi connectivity index (χ3v) is 6.05. The first-order valence-corrected chi connectivity index (χ1v) is 10.2. The summed E-state index contributed by atoms with van der Waals surface area (Å²) < 4.78 is 8.69. The Morgan fingerprint density at radius 3 is 2.96 bits per heavy atom. The molecule has 6 nitrogen and oxygen atoms in total. The predicted molar refractivity (Wildman–Crippen MR) is 109 cm³/mol. The molecule has 0 aliphatic heterocycles. The number of anilines is 1. The zero-order valence-electron chi connectivity index (χ0n) is 15.1. The molecular weight excluding hydrogens is 380 g/mol. The number of rotatable bonds is 5. The van der Waals surface area contributed by atoms with Crippen LogP contribution in [0.3, 0.4) is 0 Å². The van der Waals surface area contributed by atoms with Crippen LogP contribution in [-0.2, 0) is 12.8 Å². The lowest BCUT2D eigenvalue weighted by Crippen LogP contribution is -2.10. The van der Waals surface area contributed by atoms with Gasteiger partial charge in [0.1, 0.15) is 5.76 Å². The highest BCUT2D eigenvalue weighted by atomic mass is 32.2. The molecule has 138 valence electrons. The summed E-state index contributed by atoms with van der Waals surface area (Å²) in [6.45, 7) is 4.08. The highest BCUT2D eigenvalue weighted by Crippen LogP contribution is 2.30. The van der Waals surface area contributed by atoms with E-state index in [0.717, 1.165) is 26.7 Å². The van der Waals surface area contributed by atoms with Gasteiger partial charge in [-0.2, -0.15) is 0 Å². The summed E-state index contributed by atoms with van der Waals surface area (Å²) in [5, 5.41) is 4.31. The molecule has 8 heteroatoms. The number of aromatic nitrogens is 3. The fourth-order valence-corrected chi connectivity index (χ4v) is 4.65. The Kier molecular flexibility index (Phi) is 4.75. The SMILES string of the molecule is Cc1cc(C)c2nc(NC(=O)c3ccc(CSc4nccn4C)o3)sc2c1. The van der Waals surface area contributed by atoms with Crippen molar-refractivity contribution in [2.24, 2.45) is 7.05 Å². The second-order valence-electron chi connectivity index (χ2n) is 6.28. The quantitative estimate of drug-likeness (QED) is 0.490. The predicted octanol–water partition coefficient (Wildman–Crippen LogP) is 4.78. The van der Waals surface area contributed by atoms with E-state index in [1.807, 2.05) is 30.8 Å². The fourth-order valence-electron chi connectivity index (χ4n) is 2.79. The maximum Gasteiger partial charge on any atom is 0.293 e. The van der Waals surface area contributed by atoms with Crippen LogP contribution in [0.5, 0.6) is 0 Å². The summed E-state index contributed by atoms with van der Waals surface area (Å²) in [5.74, 6) is 1.32. The number of nitrogens with one attached hydrogen (secondary N) is 1. The molecule has 0 unspecified atom stereocenters. The van der Waals surface area contributed by atoms with Crippen LogP contribution >= 0.6 is 23.1 Å². The molecule has 27 heavy (non-hydrogen) atoms. The number of carbonyl (C=O) groups excluding carboxylic acids is 1. The molecule has 1 aromatic carbocycles. The van der Waals surface area contributed by atoms with Crippen LogP contribution in [0.2, 0.25) is 0 Å². The van der Waals surface area contributed by atoms with E-state index in [4.69, 9.17) is 4.42 Å². The Hall–Kier alpha value is -2.58. The molecule has 0 aliphatic rings. The molecule has 0 fully saturated rings. The molecule has 4 aromatic rings. The zero-order valence-corrected chi connectivity index (χ0v) is 16.8. The Morgan fingerprint density at radius 1 is 1.33 bits per heavy atom. The molecule has 0 saturated carbocycles. The molecule has 0 aliphatic carbocycles. The molecule has 3 heterocycles. The molecule has 1 amide bonds. The van der Waals surface area contributed by atoms with E-state index in [2.05, 4.69) is 34.3 Å².